The van der Waals surface area contributed by atoms with E-state index in [1.165, 1.54) is 5.56 Å². The van der Waals surface area contributed by atoms with Crippen LogP contribution in [0.3, 0.4) is 0 Å². The number of anilines is 1. The number of fused-ring (bicyclic) bond motifs is 1. The summed E-state index contributed by atoms with van der Waals surface area (Å²) in [5.41, 5.74) is 3.22. The maximum absolute atomic E-state index is 11.4. The molecular weight excluding hydrogens is 352 g/mol. The van der Waals surface area contributed by atoms with Gasteiger partial charge in [0.05, 0.1) is 12.6 Å². The molecule has 6 heteroatoms. The van der Waals surface area contributed by atoms with Crippen LogP contribution in [0.15, 0.2) is 53.5 Å². The first kappa shape index (κ1) is 19.7. The summed E-state index contributed by atoms with van der Waals surface area (Å²) in [6.07, 6.45) is 1.28. The fraction of sp³-hybridized carbons (Fsp3) is 0.364. The van der Waals surface area contributed by atoms with Crippen LogP contribution in [-0.2, 0) is 11.2 Å². The van der Waals surface area contributed by atoms with Gasteiger partial charge in [-0.25, -0.2) is 4.99 Å². The lowest BCUT2D eigenvalue weighted by atomic mass is 10.0. The van der Waals surface area contributed by atoms with Crippen LogP contribution in [-0.4, -0.2) is 31.6 Å². The number of carbonyl (C=O) groups is 1. The zero-order valence-corrected chi connectivity index (χ0v) is 16.5. The number of benzene rings is 2. The Morgan fingerprint density at radius 2 is 2.04 bits per heavy atom. The highest BCUT2D eigenvalue weighted by Crippen LogP contribution is 2.26. The van der Waals surface area contributed by atoms with Crippen LogP contribution in [0.1, 0.15) is 37.4 Å². The van der Waals surface area contributed by atoms with Gasteiger partial charge in [0, 0.05) is 18.7 Å². The molecular formula is C22H28N4O2. The van der Waals surface area contributed by atoms with Gasteiger partial charge in [-0.1, -0.05) is 30.3 Å². The number of hydrogen-bond donors (Lipinski definition) is 3. The number of aryl methyl sites for hydroxylation is 1. The van der Waals surface area contributed by atoms with Crippen molar-refractivity contribution in [2.24, 2.45) is 4.99 Å². The van der Waals surface area contributed by atoms with E-state index in [9.17, 15) is 4.79 Å². The summed E-state index contributed by atoms with van der Waals surface area (Å²) in [7, 11) is 0. The standard InChI is InChI=1S/C22H28N4O2/c1-3-23-22(25-16(2)17-7-5-4-6-8-17)24-13-14-28-19-10-11-20-18(15-19)9-12-21(27)26-20/h4-8,10-11,15-16H,3,9,12-14H2,1-2H3,(H,26,27)(H2,23,24,25). The van der Waals surface area contributed by atoms with E-state index in [2.05, 4.69) is 40.0 Å². The van der Waals surface area contributed by atoms with Gasteiger partial charge in [-0.3, -0.25) is 4.79 Å². The second kappa shape index (κ2) is 9.78. The maximum Gasteiger partial charge on any atom is 0.224 e. The van der Waals surface area contributed by atoms with Crippen molar-refractivity contribution in [3.8, 4) is 5.75 Å². The van der Waals surface area contributed by atoms with E-state index >= 15 is 0 Å². The Morgan fingerprint density at radius 3 is 2.82 bits per heavy atom. The van der Waals surface area contributed by atoms with Gasteiger partial charge in [0.15, 0.2) is 5.96 Å². The molecule has 2 aromatic rings. The molecule has 0 saturated heterocycles. The minimum atomic E-state index is 0.0729. The van der Waals surface area contributed by atoms with Gasteiger partial charge in [0.1, 0.15) is 12.4 Å². The number of aliphatic imine (C=N–C) groups is 1. The van der Waals surface area contributed by atoms with Crippen molar-refractivity contribution in [2.45, 2.75) is 32.7 Å². The van der Waals surface area contributed by atoms with Crippen LogP contribution in [0, 0.1) is 0 Å². The van der Waals surface area contributed by atoms with E-state index in [0.29, 0.717) is 19.6 Å². The summed E-state index contributed by atoms with van der Waals surface area (Å²) in [5, 5.41) is 9.57. The number of carbonyl (C=O) groups excluding carboxylic acids is 1. The Bertz CT molecular complexity index is 821. The lowest BCUT2D eigenvalue weighted by molar-refractivity contribution is -0.116. The second-order valence-electron chi connectivity index (χ2n) is 6.75. The van der Waals surface area contributed by atoms with Crippen molar-refractivity contribution in [3.05, 3.63) is 59.7 Å². The molecule has 0 spiro atoms. The van der Waals surface area contributed by atoms with E-state index in [0.717, 1.165) is 35.9 Å². The highest BCUT2D eigenvalue weighted by Gasteiger charge is 2.15. The molecule has 1 amide bonds. The van der Waals surface area contributed by atoms with E-state index < -0.39 is 0 Å². The third-order valence-corrected chi connectivity index (χ3v) is 4.60. The molecule has 3 N–H and O–H groups in total. The number of nitrogens with one attached hydrogen (secondary N) is 3. The van der Waals surface area contributed by atoms with E-state index in [-0.39, 0.29) is 11.9 Å². The van der Waals surface area contributed by atoms with E-state index in [1.807, 2.05) is 43.3 Å². The summed E-state index contributed by atoms with van der Waals surface area (Å²) in [6, 6.07) is 16.2. The van der Waals surface area contributed by atoms with Gasteiger partial charge >= 0.3 is 0 Å². The molecule has 28 heavy (non-hydrogen) atoms. The molecule has 0 bridgehead atoms. The molecule has 148 valence electrons. The number of nitrogens with zero attached hydrogens (tertiary/aromatic N) is 1. The third-order valence-electron chi connectivity index (χ3n) is 4.60. The van der Waals surface area contributed by atoms with Crippen LogP contribution in [0.25, 0.3) is 0 Å². The predicted octanol–water partition coefficient (Wildman–Crippen LogP) is 3.27. The Labute approximate surface area is 166 Å². The zero-order valence-electron chi connectivity index (χ0n) is 16.5. The lowest BCUT2D eigenvalue weighted by Gasteiger charge is -2.18. The van der Waals surface area contributed by atoms with Gasteiger partial charge in [-0.15, -0.1) is 0 Å². The fourth-order valence-corrected chi connectivity index (χ4v) is 3.12. The summed E-state index contributed by atoms with van der Waals surface area (Å²) in [5.74, 6) is 1.65. The average molecular weight is 380 g/mol. The summed E-state index contributed by atoms with van der Waals surface area (Å²) < 4.78 is 5.84. The predicted molar refractivity (Wildman–Crippen MR) is 113 cm³/mol. The van der Waals surface area contributed by atoms with Crippen molar-refractivity contribution in [1.29, 1.82) is 0 Å². The van der Waals surface area contributed by atoms with Gasteiger partial charge in [-0.2, -0.15) is 0 Å². The Hall–Kier alpha value is -3.02. The first-order chi connectivity index (χ1) is 13.7. The van der Waals surface area contributed by atoms with Crippen molar-refractivity contribution in [1.82, 2.24) is 10.6 Å². The molecule has 1 aliphatic heterocycles. The largest absolute Gasteiger partial charge is 0.492 e. The maximum atomic E-state index is 11.4. The Morgan fingerprint density at radius 1 is 1.21 bits per heavy atom. The Kier molecular flexibility index (Phi) is 6.89. The molecule has 6 nitrogen and oxygen atoms in total. The molecule has 0 saturated carbocycles. The van der Waals surface area contributed by atoms with Crippen LogP contribution in [0.4, 0.5) is 5.69 Å². The number of hydrogen-bond acceptors (Lipinski definition) is 3. The third kappa shape index (κ3) is 5.49. The van der Waals surface area contributed by atoms with E-state index in [1.54, 1.807) is 0 Å². The lowest BCUT2D eigenvalue weighted by Crippen LogP contribution is -2.39. The van der Waals surface area contributed by atoms with E-state index in [4.69, 9.17) is 4.74 Å². The number of amides is 1. The van der Waals surface area contributed by atoms with Crippen LogP contribution in [0.5, 0.6) is 5.75 Å². The number of guanidine groups is 1. The van der Waals surface area contributed by atoms with Gasteiger partial charge in [0.2, 0.25) is 5.91 Å². The van der Waals surface area contributed by atoms with Gasteiger partial charge in [0.25, 0.3) is 0 Å². The molecule has 0 fully saturated rings. The Balaban J connectivity index is 1.52. The monoisotopic (exact) mass is 380 g/mol. The highest BCUT2D eigenvalue weighted by atomic mass is 16.5. The first-order valence-electron chi connectivity index (χ1n) is 9.81. The number of rotatable bonds is 7. The molecule has 0 aromatic heterocycles. The second-order valence-corrected chi connectivity index (χ2v) is 6.75. The van der Waals surface area contributed by atoms with Crippen molar-refractivity contribution < 1.29 is 9.53 Å². The molecule has 0 aliphatic carbocycles. The van der Waals surface area contributed by atoms with Gasteiger partial charge in [-0.05, 0) is 49.6 Å². The van der Waals surface area contributed by atoms with Crippen LogP contribution >= 0.6 is 0 Å². The summed E-state index contributed by atoms with van der Waals surface area (Å²) in [6.45, 7) is 5.99. The van der Waals surface area contributed by atoms with Crippen molar-refractivity contribution in [3.63, 3.8) is 0 Å². The molecule has 1 heterocycles. The minimum absolute atomic E-state index is 0.0729. The van der Waals surface area contributed by atoms with Crippen LogP contribution in [0.2, 0.25) is 0 Å². The summed E-state index contributed by atoms with van der Waals surface area (Å²) >= 11 is 0. The zero-order chi connectivity index (χ0) is 19.8. The SMILES string of the molecule is CCNC(=NCCOc1ccc2c(c1)CCC(=O)N2)NC(C)c1ccccc1. The molecule has 1 aliphatic rings. The highest BCUT2D eigenvalue weighted by molar-refractivity contribution is 5.94. The molecule has 1 unspecified atom stereocenters. The molecule has 1 atom stereocenters. The van der Waals surface area contributed by atoms with Crippen molar-refractivity contribution >= 4 is 17.6 Å². The quantitative estimate of drug-likeness (QED) is 0.392. The molecule has 2 aromatic carbocycles. The molecule has 3 rings (SSSR count). The van der Waals surface area contributed by atoms with Crippen molar-refractivity contribution in [2.75, 3.05) is 25.0 Å². The smallest absolute Gasteiger partial charge is 0.224 e. The minimum Gasteiger partial charge on any atom is -0.492 e. The topological polar surface area (TPSA) is 74.8 Å². The first-order valence-corrected chi connectivity index (χ1v) is 9.81. The molecule has 0 radical (unpaired) electrons. The van der Waals surface area contributed by atoms with Crippen LogP contribution < -0.4 is 20.7 Å². The fourth-order valence-electron chi connectivity index (χ4n) is 3.12. The van der Waals surface area contributed by atoms with Gasteiger partial charge < -0.3 is 20.7 Å². The summed E-state index contributed by atoms with van der Waals surface area (Å²) in [4.78, 5) is 16.0. The normalized spacial score (nSPS) is 14.6. The number of ether oxygens (including phenoxy) is 1. The average Bonchev–Trinajstić information content (AvgIpc) is 2.72.